The molecule has 6 heteroatoms. The van der Waals surface area contributed by atoms with Crippen LogP contribution in [0.25, 0.3) is 21.8 Å². The van der Waals surface area contributed by atoms with Crippen LogP contribution in [-0.4, -0.2) is 4.88 Å². The van der Waals surface area contributed by atoms with E-state index in [1.54, 1.807) is 0 Å². The fourth-order valence-electron chi connectivity index (χ4n) is 3.95. The van der Waals surface area contributed by atoms with Crippen molar-refractivity contribution < 1.29 is 8.47 Å². The van der Waals surface area contributed by atoms with Crippen LogP contribution in [0.2, 0.25) is 0 Å². The summed E-state index contributed by atoms with van der Waals surface area (Å²) in [6, 6.07) is 21.7. The third-order valence-electron chi connectivity index (χ3n) is 5.08. The predicted molar refractivity (Wildman–Crippen MR) is 102 cm³/mol. The minimum atomic E-state index is -5.14. The molecular formula is C18H13Cl3N2Si. The van der Waals surface area contributed by atoms with Gasteiger partial charge in [0, 0.05) is 0 Å². The zero-order valence-corrected chi connectivity index (χ0v) is 15.8. The second-order valence-electron chi connectivity index (χ2n) is 6.39. The van der Waals surface area contributed by atoms with Crippen molar-refractivity contribution in [2.75, 3.05) is 0 Å². The van der Waals surface area contributed by atoms with Crippen LogP contribution < -0.4 is 13.7 Å². The monoisotopic (exact) mass is 390 g/mol. The van der Waals surface area contributed by atoms with Crippen LogP contribution in [0, 0.1) is 0 Å². The van der Waals surface area contributed by atoms with Crippen LogP contribution in [0.1, 0.15) is 0 Å². The summed E-state index contributed by atoms with van der Waals surface area (Å²) in [5.74, 6) is 0. The Bertz CT molecular complexity index is 1110. The molecule has 5 rings (SSSR count). The van der Waals surface area contributed by atoms with Gasteiger partial charge in [0.2, 0.25) is 0 Å². The molecule has 24 heavy (non-hydrogen) atoms. The average molecular weight is 392 g/mol. The first-order chi connectivity index (χ1) is 11.4. The Kier molecular flexibility index (Phi) is 2.41. The Balaban J connectivity index is 2.16. The van der Waals surface area contributed by atoms with Gasteiger partial charge in [-0.05, 0) is 0 Å². The van der Waals surface area contributed by atoms with Crippen molar-refractivity contribution in [3.63, 3.8) is 0 Å². The molecule has 0 N–H and O–H groups in total. The molecule has 1 aliphatic rings. The van der Waals surface area contributed by atoms with Gasteiger partial charge in [0.1, 0.15) is 0 Å². The third kappa shape index (κ3) is 1.42. The first-order valence-electron chi connectivity index (χ1n) is 7.71. The van der Waals surface area contributed by atoms with Crippen LogP contribution in [0.5, 0.6) is 0 Å². The van der Waals surface area contributed by atoms with Crippen LogP contribution in [0.4, 0.5) is 0 Å². The Labute approximate surface area is 152 Å². The number of halogens is 3. The van der Waals surface area contributed by atoms with E-state index in [0.29, 0.717) is 5.19 Å². The minimum absolute atomic E-state index is 0.712. The van der Waals surface area contributed by atoms with E-state index in [1.807, 2.05) is 75.5 Å². The molecule has 0 saturated carbocycles. The van der Waals surface area contributed by atoms with E-state index in [2.05, 4.69) is 12.1 Å². The van der Waals surface area contributed by atoms with Crippen LogP contribution in [0.15, 0.2) is 79.1 Å². The van der Waals surface area contributed by atoms with Crippen LogP contribution in [0.3, 0.4) is 0 Å². The quantitative estimate of drug-likeness (QED) is 0.265. The fraction of sp³-hybridized carbons (Fsp3) is 0. The molecule has 0 amide bonds. The summed E-state index contributed by atoms with van der Waals surface area (Å²) in [6.45, 7) is 0. The van der Waals surface area contributed by atoms with Gasteiger partial charge in [-0.1, -0.05) is 0 Å². The number of rotatable bonds is 1. The summed E-state index contributed by atoms with van der Waals surface area (Å²) >= 11 is 22.3. The molecule has 0 atom stereocenters. The molecule has 0 spiro atoms. The summed E-state index contributed by atoms with van der Waals surface area (Å²) in [6.07, 6.45) is 3.78. The molecule has 0 bridgehead atoms. The molecule has 120 valence electrons. The van der Waals surface area contributed by atoms with Gasteiger partial charge in [-0.3, -0.25) is 0 Å². The van der Waals surface area contributed by atoms with Crippen molar-refractivity contribution in [2.24, 2.45) is 0 Å². The first kappa shape index (κ1) is 14.7. The zero-order valence-electron chi connectivity index (χ0n) is 12.5. The van der Waals surface area contributed by atoms with Gasteiger partial charge < -0.3 is 0 Å². The second-order valence-corrected chi connectivity index (χ2v) is 20.5. The Hall–Kier alpha value is -1.65. The molecule has 0 radical (unpaired) electrons. The SMILES string of the molecule is Cl[Si-2]1(Cl)(Cl)(c2ccccc2)[n+]2cccc3ccc4ccc[n+]1c4c32. The average Bonchev–Trinajstić information content (AvgIpc) is 2.79. The van der Waals surface area contributed by atoms with Crippen molar-refractivity contribution in [3.8, 4) is 0 Å². The number of benzene rings is 2. The fourth-order valence-corrected chi connectivity index (χ4v) is 11.5. The van der Waals surface area contributed by atoms with Crippen molar-refractivity contribution >= 4 is 65.1 Å². The van der Waals surface area contributed by atoms with Gasteiger partial charge in [-0.2, -0.15) is 0 Å². The van der Waals surface area contributed by atoms with Crippen molar-refractivity contribution in [2.45, 2.75) is 0 Å². The van der Waals surface area contributed by atoms with Gasteiger partial charge >= 0.3 is 153 Å². The standard InChI is InChI=1S/C18H13Cl3N2Si/c19-24(20,21,16-8-2-1-3-9-16)22-12-4-6-14-10-11-15-7-5-13-23(24)18(15)17(14)22/h1-13H. The van der Waals surface area contributed by atoms with Crippen molar-refractivity contribution in [3.05, 3.63) is 79.1 Å². The van der Waals surface area contributed by atoms with Crippen molar-refractivity contribution in [1.29, 1.82) is 0 Å². The zero-order chi connectivity index (χ0) is 16.6. The summed E-state index contributed by atoms with van der Waals surface area (Å²) in [5, 5.41) is 2.82. The molecule has 0 saturated heterocycles. The van der Waals surface area contributed by atoms with E-state index in [0.717, 1.165) is 21.8 Å². The molecule has 1 aliphatic heterocycles. The van der Waals surface area contributed by atoms with Crippen molar-refractivity contribution in [1.82, 2.24) is 0 Å². The molecule has 4 aromatic rings. The second kappa shape index (κ2) is 3.94. The van der Waals surface area contributed by atoms with Gasteiger partial charge in [0.25, 0.3) is 0 Å². The predicted octanol–water partition coefficient (Wildman–Crippen LogP) is 3.74. The number of hydrogen-bond acceptors (Lipinski definition) is 0. The van der Waals surface area contributed by atoms with E-state index in [-0.39, 0.29) is 0 Å². The van der Waals surface area contributed by atoms with Crippen LogP contribution >= 0.6 is 33.2 Å². The number of pyridine rings is 2. The topological polar surface area (TPSA) is 7.76 Å². The first-order valence-corrected chi connectivity index (χ1v) is 13.6. The van der Waals surface area contributed by atoms with Gasteiger partial charge in [-0.25, -0.2) is 0 Å². The Morgan fingerprint density at radius 1 is 0.583 bits per heavy atom. The molecule has 2 nitrogen and oxygen atoms in total. The van der Waals surface area contributed by atoms with E-state index in [4.69, 9.17) is 33.2 Å². The van der Waals surface area contributed by atoms with E-state index < -0.39 is 4.88 Å². The summed E-state index contributed by atoms with van der Waals surface area (Å²) in [5.41, 5.74) is 1.92. The van der Waals surface area contributed by atoms with E-state index in [9.17, 15) is 0 Å². The van der Waals surface area contributed by atoms with Crippen LogP contribution in [-0.2, 0) is 0 Å². The third-order valence-corrected chi connectivity index (χ3v) is 14.6. The Morgan fingerprint density at radius 2 is 1.08 bits per heavy atom. The molecule has 2 aromatic carbocycles. The number of hydrogen-bond donors (Lipinski definition) is 0. The van der Waals surface area contributed by atoms with Gasteiger partial charge in [0.05, 0.1) is 0 Å². The maximum atomic E-state index is 7.42. The summed E-state index contributed by atoms with van der Waals surface area (Å²) < 4.78 is 3.79. The summed E-state index contributed by atoms with van der Waals surface area (Å²) in [4.78, 5) is -5.14. The maximum absolute atomic E-state index is 7.42. The molecule has 2 aromatic heterocycles. The molecule has 0 aliphatic carbocycles. The number of aromatic nitrogens is 2. The molecular weight excluding hydrogens is 379 g/mol. The summed E-state index contributed by atoms with van der Waals surface area (Å²) in [7, 11) is 0. The van der Waals surface area contributed by atoms with E-state index >= 15 is 0 Å². The molecule has 0 unspecified atom stereocenters. The Morgan fingerprint density at radius 3 is 1.58 bits per heavy atom. The van der Waals surface area contributed by atoms with Gasteiger partial charge in [-0.15, -0.1) is 0 Å². The van der Waals surface area contributed by atoms with E-state index in [1.165, 1.54) is 0 Å². The molecule has 0 fully saturated rings. The number of nitrogens with zero attached hydrogens (tertiary/aromatic N) is 2. The normalized spacial score (nSPS) is 22.0. The van der Waals surface area contributed by atoms with Gasteiger partial charge in [0.15, 0.2) is 0 Å². The molecule has 3 heterocycles.